The molecule has 1 aromatic heterocycles. The Morgan fingerprint density at radius 2 is 2.00 bits per heavy atom. The van der Waals surface area contributed by atoms with E-state index < -0.39 is 0 Å². The van der Waals surface area contributed by atoms with E-state index in [2.05, 4.69) is 39.6 Å². The van der Waals surface area contributed by atoms with Crippen LogP contribution in [-0.2, 0) is 0 Å². The maximum atomic E-state index is 12.4. The molecule has 0 aliphatic carbocycles. The third kappa shape index (κ3) is 4.06. The van der Waals surface area contributed by atoms with Gasteiger partial charge in [-0.05, 0) is 43.7 Å². The summed E-state index contributed by atoms with van der Waals surface area (Å²) in [5, 5.41) is 2.87. The van der Waals surface area contributed by atoms with E-state index in [0.717, 1.165) is 32.4 Å². The molecule has 1 unspecified atom stereocenters. The van der Waals surface area contributed by atoms with Crippen LogP contribution in [0.1, 0.15) is 36.6 Å². The average molecular weight is 310 g/mol. The number of anilines is 1. The van der Waals surface area contributed by atoms with Crippen molar-refractivity contribution in [2.45, 2.75) is 32.1 Å². The van der Waals surface area contributed by atoms with Gasteiger partial charge < -0.3 is 4.90 Å². The molecule has 1 atom stereocenters. The lowest BCUT2D eigenvalue weighted by atomic mass is 9.92. The Morgan fingerprint density at radius 1 is 1.17 bits per heavy atom. The minimum atomic E-state index is -0.0724. The lowest BCUT2D eigenvalue weighted by Gasteiger charge is -2.21. The number of urea groups is 1. The maximum absolute atomic E-state index is 12.4. The number of carbonyl (C=O) groups excluding carboxylic acids is 1. The maximum Gasteiger partial charge on any atom is 0.323 e. The molecule has 1 aromatic carbocycles. The van der Waals surface area contributed by atoms with Crippen molar-refractivity contribution >= 4 is 11.8 Å². The van der Waals surface area contributed by atoms with Gasteiger partial charge in [0.05, 0.1) is 0 Å². The summed E-state index contributed by atoms with van der Waals surface area (Å²) in [6, 6.07) is 12.2. The highest BCUT2D eigenvalue weighted by Gasteiger charge is 2.21. The lowest BCUT2D eigenvalue weighted by Crippen LogP contribution is -2.36. The van der Waals surface area contributed by atoms with Crippen LogP contribution in [0.15, 0.2) is 42.6 Å². The van der Waals surface area contributed by atoms with Gasteiger partial charge in [-0.1, -0.05) is 30.3 Å². The third-order valence-electron chi connectivity index (χ3n) is 4.30. The standard InChI is InChI=1S/C18H22N4O/c1-14-19-11-9-17(20-14)21-18(23)22-12-5-8-16(10-13-22)15-6-3-2-4-7-15/h2-4,6-7,9,11,16H,5,8,10,12-13H2,1H3,(H,19,20,21,23). The molecule has 120 valence electrons. The Labute approximate surface area is 136 Å². The number of carbonyl (C=O) groups is 1. The van der Waals surface area contributed by atoms with Gasteiger partial charge in [-0.3, -0.25) is 5.32 Å². The zero-order chi connectivity index (χ0) is 16.1. The first-order chi connectivity index (χ1) is 11.2. The second-order valence-electron chi connectivity index (χ2n) is 5.94. The van der Waals surface area contributed by atoms with E-state index in [9.17, 15) is 4.79 Å². The Hall–Kier alpha value is -2.43. The molecule has 0 saturated carbocycles. The highest BCUT2D eigenvalue weighted by atomic mass is 16.2. The predicted octanol–water partition coefficient (Wildman–Crippen LogP) is 3.59. The van der Waals surface area contributed by atoms with Crippen LogP contribution >= 0.6 is 0 Å². The first-order valence-corrected chi connectivity index (χ1v) is 8.13. The summed E-state index contributed by atoms with van der Waals surface area (Å²) in [7, 11) is 0. The summed E-state index contributed by atoms with van der Waals surface area (Å²) in [4.78, 5) is 22.6. The molecule has 23 heavy (non-hydrogen) atoms. The molecule has 2 amide bonds. The van der Waals surface area contributed by atoms with Crippen molar-refractivity contribution in [1.29, 1.82) is 0 Å². The van der Waals surface area contributed by atoms with Gasteiger partial charge in [-0.2, -0.15) is 0 Å². The number of likely N-dealkylation sites (tertiary alicyclic amines) is 1. The summed E-state index contributed by atoms with van der Waals surface area (Å²) in [5.41, 5.74) is 1.38. The summed E-state index contributed by atoms with van der Waals surface area (Å²) in [5.74, 6) is 1.75. The summed E-state index contributed by atoms with van der Waals surface area (Å²) >= 11 is 0. The molecule has 5 heteroatoms. The van der Waals surface area contributed by atoms with Gasteiger partial charge in [0, 0.05) is 19.3 Å². The number of hydrogen-bond donors (Lipinski definition) is 1. The van der Waals surface area contributed by atoms with Crippen LogP contribution in [0.4, 0.5) is 10.6 Å². The van der Waals surface area contributed by atoms with Crippen LogP contribution in [0.3, 0.4) is 0 Å². The molecule has 2 aromatic rings. The van der Waals surface area contributed by atoms with Crippen LogP contribution in [0, 0.1) is 6.92 Å². The molecule has 1 aliphatic rings. The smallest absolute Gasteiger partial charge is 0.323 e. The molecular weight excluding hydrogens is 288 g/mol. The van der Waals surface area contributed by atoms with Gasteiger partial charge in [0.2, 0.25) is 0 Å². The van der Waals surface area contributed by atoms with Crippen LogP contribution in [0.5, 0.6) is 0 Å². The van der Waals surface area contributed by atoms with E-state index in [0.29, 0.717) is 17.6 Å². The van der Waals surface area contributed by atoms with Crippen molar-refractivity contribution in [2.75, 3.05) is 18.4 Å². The van der Waals surface area contributed by atoms with Crippen molar-refractivity contribution in [3.8, 4) is 0 Å². The average Bonchev–Trinajstić information content (AvgIpc) is 2.82. The minimum absolute atomic E-state index is 0.0724. The molecule has 1 aliphatic heterocycles. The van der Waals surface area contributed by atoms with Crippen LogP contribution in [0.25, 0.3) is 0 Å². The second kappa shape index (κ2) is 7.22. The highest BCUT2D eigenvalue weighted by Crippen LogP contribution is 2.27. The molecule has 5 nitrogen and oxygen atoms in total. The highest BCUT2D eigenvalue weighted by molar-refractivity contribution is 5.88. The van der Waals surface area contributed by atoms with Crippen molar-refractivity contribution in [1.82, 2.24) is 14.9 Å². The number of aryl methyl sites for hydroxylation is 1. The zero-order valence-electron chi connectivity index (χ0n) is 13.4. The number of benzene rings is 1. The van der Waals surface area contributed by atoms with Gasteiger partial charge >= 0.3 is 6.03 Å². The van der Waals surface area contributed by atoms with E-state index in [-0.39, 0.29) is 6.03 Å². The number of hydrogen-bond acceptors (Lipinski definition) is 3. The van der Waals surface area contributed by atoms with Gasteiger partial charge in [0.15, 0.2) is 0 Å². The van der Waals surface area contributed by atoms with Gasteiger partial charge in [-0.25, -0.2) is 14.8 Å². The number of amides is 2. The van der Waals surface area contributed by atoms with Crippen molar-refractivity contribution in [3.05, 3.63) is 54.0 Å². The second-order valence-corrected chi connectivity index (χ2v) is 5.94. The summed E-state index contributed by atoms with van der Waals surface area (Å²) in [6.07, 6.45) is 4.81. The fourth-order valence-corrected chi connectivity index (χ4v) is 3.07. The zero-order valence-corrected chi connectivity index (χ0v) is 13.4. The molecule has 3 rings (SSSR count). The van der Waals surface area contributed by atoms with Gasteiger partial charge in [-0.15, -0.1) is 0 Å². The largest absolute Gasteiger partial charge is 0.324 e. The molecule has 1 N–H and O–H groups in total. The Morgan fingerprint density at radius 3 is 2.78 bits per heavy atom. The molecule has 1 fully saturated rings. The topological polar surface area (TPSA) is 58.1 Å². The lowest BCUT2D eigenvalue weighted by molar-refractivity contribution is 0.213. The normalized spacial score (nSPS) is 18.3. The molecule has 0 radical (unpaired) electrons. The fraction of sp³-hybridized carbons (Fsp3) is 0.389. The molecular formula is C18H22N4O. The molecule has 0 spiro atoms. The summed E-state index contributed by atoms with van der Waals surface area (Å²) in [6.45, 7) is 3.38. The third-order valence-corrected chi connectivity index (χ3v) is 4.30. The first kappa shape index (κ1) is 15.5. The van der Waals surface area contributed by atoms with E-state index in [1.165, 1.54) is 5.56 Å². The van der Waals surface area contributed by atoms with Crippen molar-refractivity contribution < 1.29 is 4.79 Å². The quantitative estimate of drug-likeness (QED) is 0.922. The Bertz CT molecular complexity index is 659. The van der Waals surface area contributed by atoms with Crippen LogP contribution in [-0.4, -0.2) is 34.0 Å². The van der Waals surface area contributed by atoms with E-state index >= 15 is 0 Å². The predicted molar refractivity (Wildman–Crippen MR) is 90.4 cm³/mol. The molecule has 1 saturated heterocycles. The fourth-order valence-electron chi connectivity index (χ4n) is 3.07. The summed E-state index contributed by atoms with van der Waals surface area (Å²) < 4.78 is 0. The van der Waals surface area contributed by atoms with E-state index in [1.54, 1.807) is 12.3 Å². The monoisotopic (exact) mass is 310 g/mol. The number of nitrogens with one attached hydrogen (secondary N) is 1. The van der Waals surface area contributed by atoms with E-state index in [1.807, 2.05) is 17.9 Å². The van der Waals surface area contributed by atoms with Crippen molar-refractivity contribution in [2.24, 2.45) is 0 Å². The Kier molecular flexibility index (Phi) is 4.86. The first-order valence-electron chi connectivity index (χ1n) is 8.13. The SMILES string of the molecule is Cc1nccc(NC(=O)N2CCCC(c3ccccc3)CC2)n1. The van der Waals surface area contributed by atoms with Crippen LogP contribution in [0.2, 0.25) is 0 Å². The van der Waals surface area contributed by atoms with Crippen molar-refractivity contribution in [3.63, 3.8) is 0 Å². The minimum Gasteiger partial charge on any atom is -0.324 e. The molecule has 0 bridgehead atoms. The number of nitrogens with zero attached hydrogens (tertiary/aromatic N) is 3. The van der Waals surface area contributed by atoms with Gasteiger partial charge in [0.1, 0.15) is 11.6 Å². The van der Waals surface area contributed by atoms with Gasteiger partial charge in [0.25, 0.3) is 0 Å². The number of aromatic nitrogens is 2. The number of rotatable bonds is 2. The van der Waals surface area contributed by atoms with E-state index in [4.69, 9.17) is 0 Å². The van der Waals surface area contributed by atoms with Crippen LogP contribution < -0.4 is 5.32 Å². The Balaban J connectivity index is 1.60. The molecule has 2 heterocycles.